The summed E-state index contributed by atoms with van der Waals surface area (Å²) in [5.74, 6) is 3.18. The van der Waals surface area contributed by atoms with E-state index in [-0.39, 0.29) is 16.9 Å². The zero-order chi connectivity index (χ0) is 20.9. The second-order valence-corrected chi connectivity index (χ2v) is 11.2. The highest BCUT2D eigenvalue weighted by Gasteiger charge is 2.62. The summed E-state index contributed by atoms with van der Waals surface area (Å²) in [6, 6.07) is 0. The van der Waals surface area contributed by atoms with Crippen molar-refractivity contribution in [2.45, 2.75) is 84.2 Å². The molecule has 1 heterocycles. The minimum Gasteiger partial charge on any atom is -0.396 e. The summed E-state index contributed by atoms with van der Waals surface area (Å²) in [6.07, 6.45) is 10.7. The fourth-order valence-electron chi connectivity index (χ4n) is 8.67. The molecule has 4 aliphatic carbocycles. The van der Waals surface area contributed by atoms with Gasteiger partial charge in [0.05, 0.1) is 5.71 Å². The van der Waals surface area contributed by atoms with Crippen molar-refractivity contribution in [3.8, 4) is 0 Å². The summed E-state index contributed by atoms with van der Waals surface area (Å²) in [6.45, 7) is 6.75. The second-order valence-electron chi connectivity index (χ2n) is 11.2. The van der Waals surface area contributed by atoms with Crippen molar-refractivity contribution >= 4 is 11.5 Å². The quantitative estimate of drug-likeness (QED) is 0.681. The van der Waals surface area contributed by atoms with E-state index in [0.717, 1.165) is 64.5 Å². The summed E-state index contributed by atoms with van der Waals surface area (Å²) < 4.78 is 0. The van der Waals surface area contributed by atoms with Crippen LogP contribution in [0.5, 0.6) is 0 Å². The first-order valence-electron chi connectivity index (χ1n) is 12.6. The van der Waals surface area contributed by atoms with E-state index in [1.54, 1.807) is 0 Å². The van der Waals surface area contributed by atoms with Gasteiger partial charge in [-0.15, -0.1) is 0 Å². The topological polar surface area (TPSA) is 70.9 Å². The van der Waals surface area contributed by atoms with Crippen molar-refractivity contribution in [1.82, 2.24) is 5.32 Å². The third kappa shape index (κ3) is 3.02. The van der Waals surface area contributed by atoms with Crippen molar-refractivity contribution in [3.05, 3.63) is 0 Å². The SMILES string of the molecule is CC[C@H]1/C(=N\OC2CCNC2)CC[C@]2(CO)C3CC[C@]4(C)C(=O)CCC4C3CCC12. The molecule has 2 N–H and O–H groups in total. The Bertz CT molecular complexity index is 703. The van der Waals surface area contributed by atoms with Crippen LogP contribution in [0.4, 0.5) is 0 Å². The van der Waals surface area contributed by atoms with Gasteiger partial charge in [0.1, 0.15) is 11.9 Å². The Balaban J connectivity index is 1.40. The van der Waals surface area contributed by atoms with Gasteiger partial charge in [0, 0.05) is 42.7 Å². The normalized spacial score (nSPS) is 49.6. The Hall–Kier alpha value is -0.940. The summed E-state index contributed by atoms with van der Waals surface area (Å²) in [5, 5.41) is 18.9. The number of aliphatic hydroxyl groups is 1. The fraction of sp³-hybridized carbons (Fsp3) is 0.920. The minimum absolute atomic E-state index is 0.0183. The molecule has 5 unspecified atom stereocenters. The standard InChI is InChI=1S/C25H40N2O3/c1-3-17-20-5-4-18-19-6-7-23(29)24(19,2)11-8-21(18)25(20,15-28)12-9-22(17)27-30-16-10-13-26-14-16/h16-21,26,28H,3-15H2,1-2H3/b27-22-/t16?,17-,18?,19?,20?,21?,24+,25-/m1/s1. The van der Waals surface area contributed by atoms with Crippen LogP contribution in [0.15, 0.2) is 5.16 Å². The van der Waals surface area contributed by atoms with Crippen LogP contribution in [0, 0.1) is 40.4 Å². The van der Waals surface area contributed by atoms with Crippen molar-refractivity contribution in [2.75, 3.05) is 19.7 Å². The van der Waals surface area contributed by atoms with Crippen LogP contribution in [0.3, 0.4) is 0 Å². The molecule has 0 aromatic carbocycles. The van der Waals surface area contributed by atoms with Gasteiger partial charge in [0.2, 0.25) is 0 Å². The maximum absolute atomic E-state index is 12.7. The number of nitrogens with zero attached hydrogens (tertiary/aromatic N) is 1. The maximum Gasteiger partial charge on any atom is 0.141 e. The molecule has 0 bridgehead atoms. The van der Waals surface area contributed by atoms with E-state index < -0.39 is 0 Å². The average molecular weight is 417 g/mol. The number of rotatable bonds is 4. The first-order chi connectivity index (χ1) is 14.5. The highest BCUT2D eigenvalue weighted by atomic mass is 16.6. The molecule has 1 aliphatic heterocycles. The van der Waals surface area contributed by atoms with Crippen molar-refractivity contribution in [3.63, 3.8) is 0 Å². The van der Waals surface area contributed by atoms with Crippen LogP contribution in [0.1, 0.15) is 78.1 Å². The Labute approximate surface area is 181 Å². The lowest BCUT2D eigenvalue weighted by Crippen LogP contribution is -2.58. The smallest absolute Gasteiger partial charge is 0.141 e. The van der Waals surface area contributed by atoms with Crippen molar-refractivity contribution < 1.29 is 14.7 Å². The second kappa shape index (κ2) is 7.88. The number of ketones is 1. The molecule has 0 spiro atoms. The van der Waals surface area contributed by atoms with Crippen LogP contribution in [-0.4, -0.2) is 42.4 Å². The number of carbonyl (C=O) groups is 1. The zero-order valence-corrected chi connectivity index (χ0v) is 18.9. The summed E-state index contributed by atoms with van der Waals surface area (Å²) >= 11 is 0. The lowest BCUT2D eigenvalue weighted by molar-refractivity contribution is -0.148. The number of nitrogens with one attached hydrogen (secondary N) is 1. The largest absolute Gasteiger partial charge is 0.396 e. The zero-order valence-electron chi connectivity index (χ0n) is 18.9. The number of Topliss-reactive ketones (excluding diaryl/α,β-unsaturated/α-hetero) is 1. The average Bonchev–Trinajstić information content (AvgIpc) is 3.39. The van der Waals surface area contributed by atoms with Crippen LogP contribution >= 0.6 is 0 Å². The molecule has 5 nitrogen and oxygen atoms in total. The van der Waals surface area contributed by atoms with E-state index in [0.29, 0.717) is 42.0 Å². The maximum atomic E-state index is 12.7. The molecule has 4 saturated carbocycles. The Kier molecular flexibility index (Phi) is 5.50. The van der Waals surface area contributed by atoms with Gasteiger partial charge < -0.3 is 15.3 Å². The highest BCUT2D eigenvalue weighted by Crippen LogP contribution is 2.66. The number of hydrogen-bond acceptors (Lipinski definition) is 5. The van der Waals surface area contributed by atoms with Gasteiger partial charge in [0.15, 0.2) is 0 Å². The molecule has 0 aromatic rings. The predicted molar refractivity (Wildman–Crippen MR) is 117 cm³/mol. The van der Waals surface area contributed by atoms with E-state index in [4.69, 9.17) is 9.99 Å². The third-order valence-corrected chi connectivity index (χ3v) is 10.3. The molecule has 5 aliphatic rings. The van der Waals surface area contributed by atoms with Crippen molar-refractivity contribution in [2.24, 2.45) is 45.6 Å². The van der Waals surface area contributed by atoms with Crippen molar-refractivity contribution in [1.29, 1.82) is 0 Å². The van der Waals surface area contributed by atoms with E-state index in [1.807, 2.05) is 0 Å². The van der Waals surface area contributed by atoms with E-state index in [1.165, 1.54) is 18.6 Å². The number of hydrogen-bond donors (Lipinski definition) is 2. The molecule has 168 valence electrons. The molecule has 30 heavy (non-hydrogen) atoms. The molecule has 5 heteroatoms. The van der Waals surface area contributed by atoms with Gasteiger partial charge in [-0.05, 0) is 81.6 Å². The molecule has 5 fully saturated rings. The van der Waals surface area contributed by atoms with E-state index in [9.17, 15) is 9.90 Å². The van der Waals surface area contributed by atoms with Crippen LogP contribution in [-0.2, 0) is 9.63 Å². The van der Waals surface area contributed by atoms with Gasteiger partial charge in [-0.3, -0.25) is 4.79 Å². The van der Waals surface area contributed by atoms with E-state index >= 15 is 0 Å². The summed E-state index contributed by atoms with van der Waals surface area (Å²) in [4.78, 5) is 18.6. The molecular weight excluding hydrogens is 376 g/mol. The number of carbonyl (C=O) groups excluding carboxylic acids is 1. The molecular formula is C25H40N2O3. The minimum atomic E-state index is -0.0841. The first kappa shape index (κ1) is 20.9. The monoisotopic (exact) mass is 416 g/mol. The number of fused-ring (bicyclic) bond motifs is 5. The Morgan fingerprint density at radius 1 is 1.10 bits per heavy atom. The Morgan fingerprint density at radius 2 is 1.97 bits per heavy atom. The molecule has 0 aromatic heterocycles. The van der Waals surface area contributed by atoms with Gasteiger partial charge in [-0.2, -0.15) is 0 Å². The first-order valence-corrected chi connectivity index (χ1v) is 12.6. The van der Waals surface area contributed by atoms with Crippen LogP contribution < -0.4 is 5.32 Å². The predicted octanol–water partition coefficient (Wildman–Crippen LogP) is 3.94. The van der Waals surface area contributed by atoms with Crippen LogP contribution in [0.25, 0.3) is 0 Å². The summed E-state index contributed by atoms with van der Waals surface area (Å²) in [7, 11) is 0. The van der Waals surface area contributed by atoms with E-state index in [2.05, 4.69) is 19.2 Å². The molecule has 1 saturated heterocycles. The van der Waals surface area contributed by atoms with Gasteiger partial charge in [-0.1, -0.05) is 19.0 Å². The molecule has 5 rings (SSSR count). The summed E-state index contributed by atoms with van der Waals surface area (Å²) in [5.41, 5.74) is 1.18. The fourth-order valence-corrected chi connectivity index (χ4v) is 8.67. The molecule has 0 amide bonds. The van der Waals surface area contributed by atoms with Crippen LogP contribution in [0.2, 0.25) is 0 Å². The van der Waals surface area contributed by atoms with Gasteiger partial charge >= 0.3 is 0 Å². The third-order valence-electron chi connectivity index (χ3n) is 10.3. The van der Waals surface area contributed by atoms with Gasteiger partial charge in [0.25, 0.3) is 0 Å². The Morgan fingerprint density at radius 3 is 2.70 bits per heavy atom. The lowest BCUT2D eigenvalue weighted by Gasteiger charge is -2.61. The molecule has 8 atom stereocenters. The lowest BCUT2D eigenvalue weighted by atomic mass is 9.43. The molecule has 0 radical (unpaired) electrons. The highest BCUT2D eigenvalue weighted by molar-refractivity contribution is 5.88. The number of oxime groups is 1. The number of aliphatic hydroxyl groups excluding tert-OH is 1. The van der Waals surface area contributed by atoms with Gasteiger partial charge in [-0.25, -0.2) is 0 Å².